The van der Waals surface area contributed by atoms with Gasteiger partial charge in [0.2, 0.25) is 5.89 Å². The van der Waals surface area contributed by atoms with Crippen LogP contribution in [0, 0.1) is 6.92 Å². The summed E-state index contributed by atoms with van der Waals surface area (Å²) in [7, 11) is 0. The molecule has 1 heterocycles. The molecular formula is C18H18N2O. The van der Waals surface area contributed by atoms with E-state index in [0.717, 1.165) is 24.1 Å². The number of hydrogen-bond donors (Lipinski definition) is 1. The summed E-state index contributed by atoms with van der Waals surface area (Å²) in [6.07, 6.45) is 5.28. The van der Waals surface area contributed by atoms with Crippen LogP contribution in [0.15, 0.2) is 59.3 Å². The molecule has 3 rings (SSSR count). The lowest BCUT2D eigenvalue weighted by molar-refractivity contribution is 0.574. The number of nitrogens with zero attached hydrogens (tertiary/aromatic N) is 1. The van der Waals surface area contributed by atoms with Crippen molar-refractivity contribution in [1.82, 2.24) is 4.98 Å². The number of nitrogens with two attached hydrogens (primary N) is 1. The first-order valence-corrected chi connectivity index (χ1v) is 7.06. The number of aryl methyl sites for hydroxylation is 3. The van der Waals surface area contributed by atoms with Crippen LogP contribution >= 0.6 is 0 Å². The minimum atomic E-state index is 0.663. The summed E-state index contributed by atoms with van der Waals surface area (Å²) in [4.78, 5) is 4.15. The molecule has 0 aliphatic carbocycles. The molecule has 0 aliphatic rings. The second-order valence-corrected chi connectivity index (χ2v) is 5.22. The Morgan fingerprint density at radius 2 is 1.86 bits per heavy atom. The number of rotatable bonds is 4. The first kappa shape index (κ1) is 13.4. The van der Waals surface area contributed by atoms with Gasteiger partial charge in [-0.1, -0.05) is 18.2 Å². The van der Waals surface area contributed by atoms with Crippen molar-refractivity contribution in [3.05, 3.63) is 71.6 Å². The van der Waals surface area contributed by atoms with Crippen molar-refractivity contribution in [3.8, 4) is 11.5 Å². The first-order valence-electron chi connectivity index (χ1n) is 7.06. The zero-order valence-electron chi connectivity index (χ0n) is 12.0. The average Bonchev–Trinajstić information content (AvgIpc) is 3.01. The molecule has 3 nitrogen and oxygen atoms in total. The summed E-state index contributed by atoms with van der Waals surface area (Å²) in [5.41, 5.74) is 11.5. The van der Waals surface area contributed by atoms with E-state index in [1.165, 1.54) is 16.7 Å². The third kappa shape index (κ3) is 3.14. The van der Waals surface area contributed by atoms with Crippen LogP contribution in [0.3, 0.4) is 0 Å². The Morgan fingerprint density at radius 1 is 1.05 bits per heavy atom. The summed E-state index contributed by atoms with van der Waals surface area (Å²) in [6, 6.07) is 14.5. The SMILES string of the molecule is Cc1cc(N)ccc1CCc1ccc(-c2ncco2)cc1. The van der Waals surface area contributed by atoms with Crippen LogP contribution in [-0.4, -0.2) is 4.98 Å². The minimum absolute atomic E-state index is 0.663. The molecule has 2 aromatic carbocycles. The summed E-state index contributed by atoms with van der Waals surface area (Å²) in [5, 5.41) is 0. The van der Waals surface area contributed by atoms with Crippen molar-refractivity contribution in [2.24, 2.45) is 0 Å². The van der Waals surface area contributed by atoms with Crippen molar-refractivity contribution in [2.45, 2.75) is 19.8 Å². The molecule has 0 saturated heterocycles. The smallest absolute Gasteiger partial charge is 0.225 e. The second-order valence-electron chi connectivity index (χ2n) is 5.22. The van der Waals surface area contributed by atoms with Crippen LogP contribution < -0.4 is 5.73 Å². The van der Waals surface area contributed by atoms with Crippen LogP contribution in [0.2, 0.25) is 0 Å². The zero-order valence-corrected chi connectivity index (χ0v) is 12.0. The van der Waals surface area contributed by atoms with Crippen LogP contribution in [0.1, 0.15) is 16.7 Å². The molecule has 0 fully saturated rings. The molecule has 3 aromatic rings. The number of nitrogen functional groups attached to an aromatic ring is 1. The van der Waals surface area contributed by atoms with E-state index in [1.54, 1.807) is 12.5 Å². The molecule has 0 unspecified atom stereocenters. The Hall–Kier alpha value is -2.55. The van der Waals surface area contributed by atoms with E-state index in [4.69, 9.17) is 10.2 Å². The lowest BCUT2D eigenvalue weighted by atomic mass is 9.99. The van der Waals surface area contributed by atoms with Gasteiger partial charge in [-0.05, 0) is 60.7 Å². The van der Waals surface area contributed by atoms with Gasteiger partial charge < -0.3 is 10.2 Å². The van der Waals surface area contributed by atoms with Crippen molar-refractivity contribution >= 4 is 5.69 Å². The predicted octanol–water partition coefficient (Wildman–Crippen LogP) is 4.02. The molecular weight excluding hydrogens is 260 g/mol. The van der Waals surface area contributed by atoms with E-state index in [2.05, 4.69) is 42.2 Å². The highest BCUT2D eigenvalue weighted by molar-refractivity contribution is 5.53. The van der Waals surface area contributed by atoms with E-state index in [0.29, 0.717) is 5.89 Å². The fourth-order valence-corrected chi connectivity index (χ4v) is 2.46. The molecule has 2 N–H and O–H groups in total. The largest absolute Gasteiger partial charge is 0.445 e. The van der Waals surface area contributed by atoms with Crippen LogP contribution in [-0.2, 0) is 12.8 Å². The monoisotopic (exact) mass is 278 g/mol. The molecule has 0 bridgehead atoms. The summed E-state index contributed by atoms with van der Waals surface area (Å²) in [5.74, 6) is 0.663. The third-order valence-electron chi connectivity index (χ3n) is 3.68. The van der Waals surface area contributed by atoms with Crippen LogP contribution in [0.4, 0.5) is 5.69 Å². The molecule has 1 aromatic heterocycles. The molecule has 0 saturated carbocycles. The highest BCUT2D eigenvalue weighted by atomic mass is 16.3. The minimum Gasteiger partial charge on any atom is -0.445 e. The van der Waals surface area contributed by atoms with Crippen molar-refractivity contribution in [2.75, 3.05) is 5.73 Å². The number of anilines is 1. The number of hydrogen-bond acceptors (Lipinski definition) is 3. The van der Waals surface area contributed by atoms with E-state index in [1.807, 2.05) is 12.1 Å². The topological polar surface area (TPSA) is 52.0 Å². The van der Waals surface area contributed by atoms with Crippen LogP contribution in [0.25, 0.3) is 11.5 Å². The van der Waals surface area contributed by atoms with Gasteiger partial charge in [0.05, 0.1) is 6.20 Å². The predicted molar refractivity (Wildman–Crippen MR) is 84.9 cm³/mol. The van der Waals surface area contributed by atoms with Gasteiger partial charge >= 0.3 is 0 Å². The number of benzene rings is 2. The van der Waals surface area contributed by atoms with Crippen molar-refractivity contribution in [3.63, 3.8) is 0 Å². The maximum Gasteiger partial charge on any atom is 0.225 e. The molecule has 106 valence electrons. The number of oxazole rings is 1. The van der Waals surface area contributed by atoms with Crippen LogP contribution in [0.5, 0.6) is 0 Å². The molecule has 0 spiro atoms. The zero-order chi connectivity index (χ0) is 14.7. The molecule has 0 aliphatic heterocycles. The normalized spacial score (nSPS) is 10.7. The Balaban J connectivity index is 1.68. The van der Waals surface area contributed by atoms with Gasteiger partial charge in [0.25, 0.3) is 0 Å². The first-order chi connectivity index (χ1) is 10.2. The quantitative estimate of drug-likeness (QED) is 0.733. The average molecular weight is 278 g/mol. The van der Waals surface area contributed by atoms with E-state index in [9.17, 15) is 0 Å². The maximum atomic E-state index is 5.78. The second kappa shape index (κ2) is 5.83. The Morgan fingerprint density at radius 3 is 2.52 bits per heavy atom. The van der Waals surface area contributed by atoms with E-state index >= 15 is 0 Å². The summed E-state index contributed by atoms with van der Waals surface area (Å²) < 4.78 is 5.29. The van der Waals surface area contributed by atoms with Gasteiger partial charge in [-0.3, -0.25) is 0 Å². The van der Waals surface area contributed by atoms with Gasteiger partial charge in [-0.2, -0.15) is 0 Å². The Kier molecular flexibility index (Phi) is 3.73. The highest BCUT2D eigenvalue weighted by Crippen LogP contribution is 2.19. The fourth-order valence-electron chi connectivity index (χ4n) is 2.46. The third-order valence-corrected chi connectivity index (χ3v) is 3.68. The van der Waals surface area contributed by atoms with Crippen molar-refractivity contribution < 1.29 is 4.42 Å². The highest BCUT2D eigenvalue weighted by Gasteiger charge is 2.03. The fraction of sp³-hybridized carbons (Fsp3) is 0.167. The molecule has 21 heavy (non-hydrogen) atoms. The van der Waals surface area contributed by atoms with Gasteiger partial charge in [0.15, 0.2) is 0 Å². The summed E-state index contributed by atoms with van der Waals surface area (Å²) >= 11 is 0. The molecule has 0 atom stereocenters. The van der Waals surface area contributed by atoms with Gasteiger partial charge in [0.1, 0.15) is 6.26 Å². The van der Waals surface area contributed by atoms with Gasteiger partial charge in [-0.15, -0.1) is 0 Å². The molecule has 3 heteroatoms. The molecule has 0 radical (unpaired) electrons. The van der Waals surface area contributed by atoms with Crippen molar-refractivity contribution in [1.29, 1.82) is 0 Å². The summed E-state index contributed by atoms with van der Waals surface area (Å²) in [6.45, 7) is 2.11. The van der Waals surface area contributed by atoms with Gasteiger partial charge in [-0.25, -0.2) is 4.98 Å². The Labute approximate surface area is 124 Å². The van der Waals surface area contributed by atoms with E-state index < -0.39 is 0 Å². The lowest BCUT2D eigenvalue weighted by Gasteiger charge is -2.07. The maximum absolute atomic E-state index is 5.78. The van der Waals surface area contributed by atoms with E-state index in [-0.39, 0.29) is 0 Å². The lowest BCUT2D eigenvalue weighted by Crippen LogP contribution is -1.96. The standard InChI is InChI=1S/C18H18N2O/c1-13-12-17(19)9-8-15(13)5-2-14-3-6-16(7-4-14)18-20-10-11-21-18/h3-4,6-12H,2,5,19H2,1H3. The van der Waals surface area contributed by atoms with Gasteiger partial charge in [0, 0.05) is 11.3 Å². The Bertz CT molecular complexity index is 715. The number of aromatic nitrogens is 1. The molecule has 0 amide bonds.